The van der Waals surface area contributed by atoms with Crippen molar-refractivity contribution in [3.05, 3.63) is 81.6 Å². The molecule has 0 aliphatic heterocycles. The number of fused-ring (bicyclic) bond motifs is 1. The molecule has 1 heterocycles. The van der Waals surface area contributed by atoms with Crippen molar-refractivity contribution in [2.45, 2.75) is 45.6 Å². The molecule has 2 aromatic carbocycles. The van der Waals surface area contributed by atoms with E-state index in [0.717, 1.165) is 54.6 Å². The second kappa shape index (κ2) is 10.0. The van der Waals surface area contributed by atoms with E-state index in [1.165, 1.54) is 0 Å². The Bertz CT molecular complexity index is 1120. The number of carbonyl (C=O) groups is 2. The number of carbonyl (C=O) groups excluding carboxylic acids is 2. The van der Waals surface area contributed by atoms with Crippen LogP contribution in [0.25, 0.3) is 5.69 Å². The Labute approximate surface area is 193 Å². The highest BCUT2D eigenvalue weighted by atomic mass is 35.5. The van der Waals surface area contributed by atoms with Crippen LogP contribution in [0, 0.1) is 0 Å². The van der Waals surface area contributed by atoms with Gasteiger partial charge in [0.05, 0.1) is 5.69 Å². The minimum Gasteiger partial charge on any atom is -0.352 e. The van der Waals surface area contributed by atoms with Gasteiger partial charge < -0.3 is 10.6 Å². The van der Waals surface area contributed by atoms with E-state index in [-0.39, 0.29) is 11.8 Å². The molecule has 3 aromatic rings. The van der Waals surface area contributed by atoms with Gasteiger partial charge in [0.1, 0.15) is 0 Å². The molecule has 0 atom stereocenters. The molecule has 2 N–H and O–H groups in total. The molecule has 0 bridgehead atoms. The normalized spacial score (nSPS) is 13.2. The lowest BCUT2D eigenvalue weighted by molar-refractivity contribution is 0.0942. The molecule has 0 saturated heterocycles. The number of hydrogen-bond donors (Lipinski definition) is 2. The molecule has 0 fully saturated rings. The van der Waals surface area contributed by atoms with Crippen molar-refractivity contribution in [1.29, 1.82) is 0 Å². The predicted molar refractivity (Wildman–Crippen MR) is 125 cm³/mol. The van der Waals surface area contributed by atoms with Gasteiger partial charge in [0.2, 0.25) is 0 Å². The van der Waals surface area contributed by atoms with E-state index in [2.05, 4.69) is 10.6 Å². The summed E-state index contributed by atoms with van der Waals surface area (Å²) in [6.45, 7) is 2.78. The molecule has 166 valence electrons. The topological polar surface area (TPSA) is 76.0 Å². The summed E-state index contributed by atoms with van der Waals surface area (Å²) in [5.74, 6) is -0.313. The lowest BCUT2D eigenvalue weighted by Crippen LogP contribution is -2.25. The van der Waals surface area contributed by atoms with Crippen LogP contribution in [-0.4, -0.2) is 28.1 Å². The summed E-state index contributed by atoms with van der Waals surface area (Å²) in [5.41, 5.74) is 4.97. The van der Waals surface area contributed by atoms with E-state index in [9.17, 15) is 9.59 Å². The SMILES string of the molecule is CCNC(=O)c1cccc(CNC(=O)c2nn(-c3ccc(Cl)cc3)c3c2CCCCC3)c1. The lowest BCUT2D eigenvalue weighted by atomic mass is 10.1. The maximum atomic E-state index is 13.1. The van der Waals surface area contributed by atoms with E-state index >= 15 is 0 Å². The Morgan fingerprint density at radius 2 is 1.78 bits per heavy atom. The first kappa shape index (κ1) is 22.1. The van der Waals surface area contributed by atoms with Crippen molar-refractivity contribution < 1.29 is 9.59 Å². The number of aromatic nitrogens is 2. The molecule has 1 aromatic heterocycles. The van der Waals surface area contributed by atoms with Crippen molar-refractivity contribution in [2.24, 2.45) is 0 Å². The maximum Gasteiger partial charge on any atom is 0.272 e. The van der Waals surface area contributed by atoms with Gasteiger partial charge in [-0.25, -0.2) is 4.68 Å². The van der Waals surface area contributed by atoms with Crippen LogP contribution < -0.4 is 10.6 Å². The number of benzene rings is 2. The number of amides is 2. The van der Waals surface area contributed by atoms with Crippen LogP contribution in [0.15, 0.2) is 48.5 Å². The molecule has 0 spiro atoms. The van der Waals surface area contributed by atoms with Crippen LogP contribution in [0.1, 0.15) is 63.9 Å². The highest BCUT2D eigenvalue weighted by molar-refractivity contribution is 6.30. The average molecular weight is 451 g/mol. The number of halogens is 1. The van der Waals surface area contributed by atoms with Crippen LogP contribution in [0.4, 0.5) is 0 Å². The van der Waals surface area contributed by atoms with Crippen LogP contribution >= 0.6 is 11.6 Å². The zero-order chi connectivity index (χ0) is 22.5. The van der Waals surface area contributed by atoms with Gasteiger partial charge in [-0.1, -0.05) is 30.2 Å². The molecular formula is C25H27ClN4O2. The quantitative estimate of drug-likeness (QED) is 0.544. The molecule has 1 aliphatic carbocycles. The fraction of sp³-hybridized carbons (Fsp3) is 0.320. The minimum absolute atomic E-state index is 0.118. The van der Waals surface area contributed by atoms with E-state index in [1.807, 2.05) is 48.0 Å². The number of nitrogens with zero attached hydrogens (tertiary/aromatic N) is 2. The lowest BCUT2D eigenvalue weighted by Gasteiger charge is -2.07. The minimum atomic E-state index is -0.195. The molecule has 2 amide bonds. The molecular weight excluding hydrogens is 424 g/mol. The summed E-state index contributed by atoms with van der Waals surface area (Å²) in [6.07, 6.45) is 5.02. The molecule has 32 heavy (non-hydrogen) atoms. The van der Waals surface area contributed by atoms with Crippen molar-refractivity contribution in [3.63, 3.8) is 0 Å². The number of rotatable bonds is 6. The summed E-state index contributed by atoms with van der Waals surface area (Å²) in [4.78, 5) is 25.2. The summed E-state index contributed by atoms with van der Waals surface area (Å²) < 4.78 is 1.89. The third-order valence-corrected chi connectivity index (χ3v) is 5.95. The summed E-state index contributed by atoms with van der Waals surface area (Å²) >= 11 is 6.05. The predicted octanol–water partition coefficient (Wildman–Crippen LogP) is 4.47. The van der Waals surface area contributed by atoms with Crippen LogP contribution in [0.5, 0.6) is 0 Å². The van der Waals surface area contributed by atoms with Gasteiger partial charge in [-0.3, -0.25) is 9.59 Å². The van der Waals surface area contributed by atoms with Crippen LogP contribution in [0.3, 0.4) is 0 Å². The second-order valence-electron chi connectivity index (χ2n) is 7.97. The van der Waals surface area contributed by atoms with Crippen LogP contribution in [0.2, 0.25) is 5.02 Å². The Morgan fingerprint density at radius 3 is 2.56 bits per heavy atom. The molecule has 0 unspecified atom stereocenters. The Morgan fingerprint density at radius 1 is 1.00 bits per heavy atom. The summed E-state index contributed by atoms with van der Waals surface area (Å²) in [5, 5.41) is 11.2. The van der Waals surface area contributed by atoms with Crippen molar-refractivity contribution >= 4 is 23.4 Å². The van der Waals surface area contributed by atoms with Gasteiger partial charge in [-0.05, 0) is 74.6 Å². The van der Waals surface area contributed by atoms with Crippen LogP contribution in [-0.2, 0) is 19.4 Å². The van der Waals surface area contributed by atoms with Gasteiger partial charge in [0, 0.05) is 34.9 Å². The summed E-state index contributed by atoms with van der Waals surface area (Å²) in [6, 6.07) is 14.8. The van der Waals surface area contributed by atoms with Gasteiger partial charge in [0.15, 0.2) is 5.69 Å². The largest absolute Gasteiger partial charge is 0.352 e. The van der Waals surface area contributed by atoms with E-state index in [0.29, 0.717) is 29.4 Å². The van der Waals surface area contributed by atoms with Gasteiger partial charge in [-0.15, -0.1) is 0 Å². The first-order valence-electron chi connectivity index (χ1n) is 11.1. The van der Waals surface area contributed by atoms with Gasteiger partial charge in [0.25, 0.3) is 11.8 Å². The Balaban J connectivity index is 1.57. The van der Waals surface area contributed by atoms with E-state index < -0.39 is 0 Å². The monoisotopic (exact) mass is 450 g/mol. The maximum absolute atomic E-state index is 13.1. The Kier molecular flexibility index (Phi) is 6.90. The fourth-order valence-electron chi connectivity index (χ4n) is 4.11. The van der Waals surface area contributed by atoms with Gasteiger partial charge in [-0.2, -0.15) is 5.10 Å². The molecule has 0 saturated carbocycles. The van der Waals surface area contributed by atoms with Gasteiger partial charge >= 0.3 is 0 Å². The zero-order valence-electron chi connectivity index (χ0n) is 18.2. The van der Waals surface area contributed by atoms with Crippen molar-refractivity contribution in [2.75, 3.05) is 6.54 Å². The second-order valence-corrected chi connectivity index (χ2v) is 8.40. The zero-order valence-corrected chi connectivity index (χ0v) is 18.9. The molecule has 4 rings (SSSR count). The highest BCUT2D eigenvalue weighted by Gasteiger charge is 2.24. The molecule has 6 nitrogen and oxygen atoms in total. The third kappa shape index (κ3) is 4.86. The number of nitrogens with one attached hydrogen (secondary N) is 2. The third-order valence-electron chi connectivity index (χ3n) is 5.70. The molecule has 0 radical (unpaired) electrons. The number of hydrogen-bond acceptors (Lipinski definition) is 3. The fourth-order valence-corrected chi connectivity index (χ4v) is 4.23. The molecule has 7 heteroatoms. The first-order valence-corrected chi connectivity index (χ1v) is 11.5. The highest BCUT2D eigenvalue weighted by Crippen LogP contribution is 2.27. The standard InChI is InChI=1S/C25H27ClN4O2/c1-2-27-24(31)18-8-6-7-17(15-18)16-28-25(32)23-21-9-4-3-5-10-22(21)30(29-23)20-13-11-19(26)12-14-20/h6-8,11-15H,2-5,9-10,16H2,1H3,(H,27,31)(H,28,32). The smallest absolute Gasteiger partial charge is 0.272 e. The van der Waals surface area contributed by atoms with E-state index in [1.54, 1.807) is 12.1 Å². The van der Waals surface area contributed by atoms with E-state index in [4.69, 9.17) is 16.7 Å². The summed E-state index contributed by atoms with van der Waals surface area (Å²) in [7, 11) is 0. The van der Waals surface area contributed by atoms with Crippen molar-refractivity contribution in [1.82, 2.24) is 20.4 Å². The molecule has 1 aliphatic rings. The Hall–Kier alpha value is -3.12. The average Bonchev–Trinajstić information content (AvgIpc) is 2.99. The first-order chi connectivity index (χ1) is 15.6. The van der Waals surface area contributed by atoms with Crippen molar-refractivity contribution in [3.8, 4) is 5.69 Å².